The molecule has 3 unspecified atom stereocenters. The van der Waals surface area contributed by atoms with Gasteiger partial charge < -0.3 is 9.84 Å². The summed E-state index contributed by atoms with van der Waals surface area (Å²) < 4.78 is 5.63. The third-order valence-corrected chi connectivity index (χ3v) is 5.08. The van der Waals surface area contributed by atoms with Crippen LogP contribution in [0.15, 0.2) is 53.4 Å². The number of thiazole rings is 1. The minimum absolute atomic E-state index is 0.131. The van der Waals surface area contributed by atoms with Gasteiger partial charge in [-0.25, -0.2) is 4.98 Å². The van der Waals surface area contributed by atoms with Crippen molar-refractivity contribution in [3.8, 4) is 0 Å². The lowest BCUT2D eigenvalue weighted by atomic mass is 9.81. The minimum atomic E-state index is -0.502. The highest BCUT2D eigenvalue weighted by atomic mass is 32.1. The fourth-order valence-corrected chi connectivity index (χ4v) is 3.84. The van der Waals surface area contributed by atoms with E-state index in [1.807, 2.05) is 11.5 Å². The number of hydrogen-bond donors (Lipinski definition) is 2. The van der Waals surface area contributed by atoms with Crippen molar-refractivity contribution in [3.63, 3.8) is 0 Å². The Kier molecular flexibility index (Phi) is 6.03. The Balaban J connectivity index is 1.69. The van der Waals surface area contributed by atoms with E-state index in [-0.39, 0.29) is 24.3 Å². The van der Waals surface area contributed by atoms with Gasteiger partial charge in [-0.1, -0.05) is 12.5 Å². The quantitative estimate of drug-likeness (QED) is 0.791. The molecule has 2 aromatic heterocycles. The van der Waals surface area contributed by atoms with Crippen molar-refractivity contribution in [2.24, 2.45) is 5.92 Å². The van der Waals surface area contributed by atoms with Crippen molar-refractivity contribution in [3.05, 3.63) is 64.6 Å². The largest absolute Gasteiger partial charge is 0.491 e. The van der Waals surface area contributed by atoms with Crippen LogP contribution >= 0.6 is 11.3 Å². The summed E-state index contributed by atoms with van der Waals surface area (Å²) in [5, 5.41) is 14.8. The number of ether oxygens (including phenoxy) is 1. The Morgan fingerprint density at radius 2 is 2.15 bits per heavy atom. The molecular weight excluding hydrogens is 362 g/mol. The second-order valence-corrected chi connectivity index (χ2v) is 7.58. The molecule has 0 saturated carbocycles. The first-order chi connectivity index (χ1) is 12.9. The smallest absolute Gasteiger partial charge is 0.257 e. The van der Waals surface area contributed by atoms with Crippen LogP contribution in [0.25, 0.3) is 0 Å². The van der Waals surface area contributed by atoms with Gasteiger partial charge in [0.25, 0.3) is 5.91 Å². The van der Waals surface area contributed by atoms with Crippen LogP contribution in [0.3, 0.4) is 0 Å². The maximum absolute atomic E-state index is 12.3. The number of aromatic nitrogens is 2. The summed E-state index contributed by atoms with van der Waals surface area (Å²) in [4.78, 5) is 20.8. The zero-order chi connectivity index (χ0) is 19.4. The lowest BCUT2D eigenvalue weighted by Gasteiger charge is -2.26. The highest BCUT2D eigenvalue weighted by Gasteiger charge is 2.27. The maximum atomic E-state index is 12.3. The molecule has 0 aromatic carbocycles. The van der Waals surface area contributed by atoms with Crippen LogP contribution < -0.4 is 5.32 Å². The standard InChI is InChI=1S/C20H23N3O3S/c1-12-8-16(26-10-14(3)24)9-13(2)18(12)17-11-27-20(22-17)23-19(25)15-4-6-21-7-5-15/h4-9,11-12,14,18,24H,10H2,1-3H3,(H,22,23,25). The van der Waals surface area contributed by atoms with Crippen LogP contribution in [-0.4, -0.2) is 33.7 Å². The Morgan fingerprint density at radius 1 is 1.41 bits per heavy atom. The highest BCUT2D eigenvalue weighted by molar-refractivity contribution is 7.14. The fourth-order valence-electron chi connectivity index (χ4n) is 3.10. The highest BCUT2D eigenvalue weighted by Crippen LogP contribution is 2.38. The third kappa shape index (κ3) is 4.81. The molecule has 27 heavy (non-hydrogen) atoms. The Hall–Kier alpha value is -2.51. The van der Waals surface area contributed by atoms with Gasteiger partial charge in [-0.15, -0.1) is 11.3 Å². The predicted octanol–water partition coefficient (Wildman–Crippen LogP) is 3.75. The van der Waals surface area contributed by atoms with Crippen molar-refractivity contribution < 1.29 is 14.6 Å². The van der Waals surface area contributed by atoms with E-state index < -0.39 is 6.10 Å². The van der Waals surface area contributed by atoms with Gasteiger partial charge in [0.05, 0.1) is 11.8 Å². The molecule has 2 aromatic rings. The van der Waals surface area contributed by atoms with E-state index in [0.717, 1.165) is 17.0 Å². The van der Waals surface area contributed by atoms with Crippen molar-refractivity contribution in [1.29, 1.82) is 0 Å². The van der Waals surface area contributed by atoms with Gasteiger partial charge >= 0.3 is 0 Å². The fraction of sp³-hybridized carbons (Fsp3) is 0.350. The predicted molar refractivity (Wildman–Crippen MR) is 106 cm³/mol. The Morgan fingerprint density at radius 3 is 2.81 bits per heavy atom. The number of aliphatic hydroxyl groups excluding tert-OH is 1. The zero-order valence-corrected chi connectivity index (χ0v) is 16.4. The Labute approximate surface area is 162 Å². The molecule has 0 radical (unpaired) electrons. The summed E-state index contributed by atoms with van der Waals surface area (Å²) in [6.45, 7) is 6.13. The molecule has 0 aliphatic heterocycles. The van der Waals surface area contributed by atoms with Gasteiger partial charge in [-0.05, 0) is 44.1 Å². The molecule has 1 amide bonds. The minimum Gasteiger partial charge on any atom is -0.491 e. The average Bonchev–Trinajstić information content (AvgIpc) is 3.08. The molecule has 0 saturated heterocycles. The van der Waals surface area contributed by atoms with E-state index in [1.165, 1.54) is 11.3 Å². The number of allylic oxidation sites excluding steroid dienone is 3. The van der Waals surface area contributed by atoms with E-state index in [0.29, 0.717) is 10.7 Å². The van der Waals surface area contributed by atoms with Crippen LogP contribution in [0, 0.1) is 5.92 Å². The van der Waals surface area contributed by atoms with Crippen LogP contribution in [0.1, 0.15) is 42.7 Å². The van der Waals surface area contributed by atoms with Gasteiger partial charge in [0, 0.05) is 29.3 Å². The summed E-state index contributed by atoms with van der Waals surface area (Å²) >= 11 is 1.41. The molecule has 3 atom stereocenters. The summed E-state index contributed by atoms with van der Waals surface area (Å²) in [5.41, 5.74) is 2.62. The van der Waals surface area contributed by atoms with Gasteiger partial charge in [0.15, 0.2) is 5.13 Å². The SMILES string of the molecule is CC1=CC(OCC(C)O)=CC(C)C1c1csc(NC(=O)c2ccncc2)n1. The van der Waals surface area contributed by atoms with Crippen molar-refractivity contribution in [2.45, 2.75) is 32.8 Å². The molecule has 6 nitrogen and oxygen atoms in total. The molecule has 7 heteroatoms. The van der Waals surface area contributed by atoms with E-state index in [9.17, 15) is 9.90 Å². The third-order valence-electron chi connectivity index (χ3n) is 4.31. The zero-order valence-electron chi connectivity index (χ0n) is 15.5. The number of amides is 1. The molecule has 3 rings (SSSR count). The lowest BCUT2D eigenvalue weighted by Crippen LogP contribution is -2.17. The second-order valence-electron chi connectivity index (χ2n) is 6.72. The summed E-state index contributed by atoms with van der Waals surface area (Å²) in [6.07, 6.45) is 6.71. The first kappa shape index (κ1) is 19.3. The molecule has 142 valence electrons. The van der Waals surface area contributed by atoms with Crippen molar-refractivity contribution in [1.82, 2.24) is 9.97 Å². The summed E-state index contributed by atoms with van der Waals surface area (Å²) in [5.74, 6) is 0.908. The first-order valence-corrected chi connectivity index (χ1v) is 9.69. The average molecular weight is 385 g/mol. The number of nitrogens with zero attached hydrogens (tertiary/aromatic N) is 2. The van der Waals surface area contributed by atoms with Gasteiger partial charge in [-0.2, -0.15) is 0 Å². The molecule has 1 aliphatic carbocycles. The number of anilines is 1. The van der Waals surface area contributed by atoms with Crippen LogP contribution in [0.2, 0.25) is 0 Å². The number of nitrogens with one attached hydrogen (secondary N) is 1. The number of carbonyl (C=O) groups is 1. The molecule has 0 spiro atoms. The molecule has 0 bridgehead atoms. The molecule has 0 fully saturated rings. The Bertz CT molecular complexity index is 858. The van der Waals surface area contributed by atoms with Crippen LogP contribution in [0.5, 0.6) is 0 Å². The second kappa shape index (κ2) is 8.45. The topological polar surface area (TPSA) is 84.3 Å². The van der Waals surface area contributed by atoms with Gasteiger partial charge in [0.1, 0.15) is 12.4 Å². The van der Waals surface area contributed by atoms with Gasteiger partial charge in [0.2, 0.25) is 0 Å². The number of hydrogen-bond acceptors (Lipinski definition) is 6. The molecule has 2 N–H and O–H groups in total. The molecule has 2 heterocycles. The van der Waals surface area contributed by atoms with E-state index in [1.54, 1.807) is 31.5 Å². The number of carbonyl (C=O) groups excluding carboxylic acids is 1. The number of rotatable bonds is 6. The summed E-state index contributed by atoms with van der Waals surface area (Å²) in [7, 11) is 0. The van der Waals surface area contributed by atoms with Crippen molar-refractivity contribution in [2.75, 3.05) is 11.9 Å². The monoisotopic (exact) mass is 385 g/mol. The van der Waals surface area contributed by atoms with E-state index in [4.69, 9.17) is 4.74 Å². The normalized spacial score (nSPS) is 20.4. The van der Waals surface area contributed by atoms with Crippen molar-refractivity contribution >= 4 is 22.4 Å². The van der Waals surface area contributed by atoms with Crippen LogP contribution in [0.4, 0.5) is 5.13 Å². The number of aliphatic hydroxyl groups is 1. The lowest BCUT2D eigenvalue weighted by molar-refractivity contribution is 0.0867. The van der Waals surface area contributed by atoms with Gasteiger partial charge in [-0.3, -0.25) is 15.1 Å². The first-order valence-electron chi connectivity index (χ1n) is 8.81. The van der Waals surface area contributed by atoms with E-state index >= 15 is 0 Å². The van der Waals surface area contributed by atoms with Crippen LogP contribution in [-0.2, 0) is 4.74 Å². The molecular formula is C20H23N3O3S. The number of pyridine rings is 1. The summed E-state index contributed by atoms with van der Waals surface area (Å²) in [6, 6.07) is 3.33. The maximum Gasteiger partial charge on any atom is 0.257 e. The molecule has 1 aliphatic rings. The van der Waals surface area contributed by atoms with E-state index in [2.05, 4.69) is 35.2 Å².